The van der Waals surface area contributed by atoms with Crippen LogP contribution in [0.2, 0.25) is 0 Å². The molecule has 0 bridgehead atoms. The van der Waals surface area contributed by atoms with Gasteiger partial charge in [0.1, 0.15) is 23.8 Å². The van der Waals surface area contributed by atoms with Crippen molar-refractivity contribution in [3.8, 4) is 16.9 Å². The van der Waals surface area contributed by atoms with E-state index in [1.54, 1.807) is 0 Å². The molecule has 6 nitrogen and oxygen atoms in total. The molecule has 32 heavy (non-hydrogen) atoms. The Hall–Kier alpha value is -3.12. The van der Waals surface area contributed by atoms with Crippen molar-refractivity contribution < 1.29 is 14.3 Å². The van der Waals surface area contributed by atoms with Crippen LogP contribution in [0.4, 0.5) is 5.82 Å². The molecule has 0 unspecified atom stereocenters. The average Bonchev–Trinajstić information content (AvgIpc) is 3.35. The van der Waals surface area contributed by atoms with Gasteiger partial charge in [-0.1, -0.05) is 30.3 Å². The van der Waals surface area contributed by atoms with Gasteiger partial charge < -0.3 is 20.1 Å². The number of fused-ring (bicyclic) bond motifs is 1. The summed E-state index contributed by atoms with van der Waals surface area (Å²) in [4.78, 5) is 19.0. The van der Waals surface area contributed by atoms with Gasteiger partial charge in [0.05, 0.1) is 5.52 Å². The minimum atomic E-state index is -0.236. The summed E-state index contributed by atoms with van der Waals surface area (Å²) < 4.78 is 11.8. The van der Waals surface area contributed by atoms with Crippen LogP contribution in [0.25, 0.3) is 22.0 Å². The van der Waals surface area contributed by atoms with Gasteiger partial charge in [0.15, 0.2) is 0 Å². The number of anilines is 1. The third-order valence-corrected chi connectivity index (χ3v) is 6.58. The SMILES string of the molecule is Cc1c(-c2ccc(OC3CCN(C(=O)[C@H]4CCCO4)CC3)cc2)c(N)nc2ccccc12. The van der Waals surface area contributed by atoms with Crippen LogP contribution in [0.15, 0.2) is 48.5 Å². The van der Waals surface area contributed by atoms with Gasteiger partial charge in [0.25, 0.3) is 5.91 Å². The van der Waals surface area contributed by atoms with Crippen molar-refractivity contribution in [3.63, 3.8) is 0 Å². The number of likely N-dealkylation sites (tertiary alicyclic amines) is 1. The van der Waals surface area contributed by atoms with Crippen LogP contribution in [0.3, 0.4) is 0 Å². The Kier molecular flexibility index (Phi) is 5.70. The molecule has 0 aliphatic carbocycles. The van der Waals surface area contributed by atoms with Crippen molar-refractivity contribution in [3.05, 3.63) is 54.1 Å². The summed E-state index contributed by atoms with van der Waals surface area (Å²) in [5, 5.41) is 1.11. The van der Waals surface area contributed by atoms with Crippen molar-refractivity contribution >= 4 is 22.6 Å². The monoisotopic (exact) mass is 431 g/mol. The van der Waals surface area contributed by atoms with Gasteiger partial charge >= 0.3 is 0 Å². The highest BCUT2D eigenvalue weighted by Gasteiger charge is 2.31. The molecule has 3 aromatic rings. The maximum atomic E-state index is 12.5. The van der Waals surface area contributed by atoms with Gasteiger partial charge in [-0.15, -0.1) is 0 Å². The number of carbonyl (C=O) groups excluding carboxylic acids is 1. The van der Waals surface area contributed by atoms with E-state index in [-0.39, 0.29) is 18.1 Å². The van der Waals surface area contributed by atoms with Gasteiger partial charge in [0, 0.05) is 43.5 Å². The van der Waals surface area contributed by atoms with Gasteiger partial charge in [-0.05, 0) is 49.1 Å². The topological polar surface area (TPSA) is 77.7 Å². The van der Waals surface area contributed by atoms with Crippen LogP contribution >= 0.6 is 0 Å². The fourth-order valence-electron chi connectivity index (χ4n) is 4.83. The second-order valence-electron chi connectivity index (χ2n) is 8.68. The zero-order chi connectivity index (χ0) is 22.1. The van der Waals surface area contributed by atoms with E-state index in [2.05, 4.69) is 18.0 Å². The summed E-state index contributed by atoms with van der Waals surface area (Å²) in [5.41, 5.74) is 10.3. The Morgan fingerprint density at radius 2 is 1.84 bits per heavy atom. The van der Waals surface area contributed by atoms with Crippen LogP contribution < -0.4 is 10.5 Å². The van der Waals surface area contributed by atoms with Crippen LogP contribution in [0.1, 0.15) is 31.2 Å². The standard InChI is InChI=1S/C26H29N3O3/c1-17-21-5-2-3-6-22(21)28-25(27)24(17)18-8-10-19(11-9-18)32-20-12-14-29(15-13-20)26(30)23-7-4-16-31-23/h2-3,5-6,8-11,20,23H,4,7,12-16H2,1H3,(H2,27,28)/t23-/m1/s1. The summed E-state index contributed by atoms with van der Waals surface area (Å²) in [5.74, 6) is 1.52. The molecule has 2 aliphatic rings. The van der Waals surface area contributed by atoms with Crippen molar-refractivity contribution in [1.82, 2.24) is 9.88 Å². The molecule has 3 heterocycles. The highest BCUT2D eigenvalue weighted by atomic mass is 16.5. The summed E-state index contributed by atoms with van der Waals surface area (Å²) in [6.45, 7) is 4.23. The molecule has 2 saturated heterocycles. The third kappa shape index (κ3) is 4.02. The van der Waals surface area contributed by atoms with Crippen LogP contribution in [0.5, 0.6) is 5.75 Å². The number of carbonyl (C=O) groups is 1. The van der Waals surface area contributed by atoms with E-state index in [1.165, 1.54) is 0 Å². The fourth-order valence-corrected chi connectivity index (χ4v) is 4.83. The number of nitrogen functional groups attached to an aromatic ring is 1. The molecule has 0 spiro atoms. The minimum Gasteiger partial charge on any atom is -0.490 e. The van der Waals surface area contributed by atoms with Crippen LogP contribution in [-0.4, -0.2) is 47.7 Å². The van der Waals surface area contributed by atoms with E-state index in [4.69, 9.17) is 15.2 Å². The smallest absolute Gasteiger partial charge is 0.251 e. The molecule has 0 radical (unpaired) electrons. The first-order valence-corrected chi connectivity index (χ1v) is 11.4. The first-order chi connectivity index (χ1) is 15.6. The molecule has 1 amide bonds. The number of rotatable bonds is 4. The largest absolute Gasteiger partial charge is 0.490 e. The number of nitrogens with zero attached hydrogens (tertiary/aromatic N) is 2. The molecule has 2 aliphatic heterocycles. The lowest BCUT2D eigenvalue weighted by Crippen LogP contribution is -2.45. The van der Waals surface area contributed by atoms with Crippen LogP contribution in [-0.2, 0) is 9.53 Å². The second-order valence-corrected chi connectivity index (χ2v) is 8.68. The van der Waals surface area contributed by atoms with Gasteiger partial charge in [-0.25, -0.2) is 4.98 Å². The minimum absolute atomic E-state index is 0.114. The first-order valence-electron chi connectivity index (χ1n) is 11.4. The first kappa shape index (κ1) is 20.8. The molecular weight excluding hydrogens is 402 g/mol. The molecule has 0 saturated carbocycles. The van der Waals surface area contributed by atoms with E-state index < -0.39 is 0 Å². The van der Waals surface area contributed by atoms with E-state index in [9.17, 15) is 4.79 Å². The quantitative estimate of drug-likeness (QED) is 0.665. The van der Waals surface area contributed by atoms with Crippen molar-refractivity contribution in [2.75, 3.05) is 25.4 Å². The summed E-state index contributed by atoms with van der Waals surface area (Å²) >= 11 is 0. The van der Waals surface area contributed by atoms with Crippen molar-refractivity contribution in [2.45, 2.75) is 44.8 Å². The van der Waals surface area contributed by atoms with Gasteiger partial charge in [-0.3, -0.25) is 4.79 Å². The lowest BCUT2D eigenvalue weighted by atomic mass is 9.97. The number of hydrogen-bond acceptors (Lipinski definition) is 5. The predicted octanol–water partition coefficient (Wildman–Crippen LogP) is 4.34. The number of ether oxygens (including phenoxy) is 2. The Morgan fingerprint density at radius 3 is 2.56 bits per heavy atom. The normalized spacial score (nSPS) is 19.4. The molecular formula is C26H29N3O3. The van der Waals surface area contributed by atoms with Crippen molar-refractivity contribution in [1.29, 1.82) is 0 Å². The molecule has 2 fully saturated rings. The number of aryl methyl sites for hydroxylation is 1. The number of amides is 1. The lowest BCUT2D eigenvalue weighted by molar-refractivity contribution is -0.142. The van der Waals surface area contributed by atoms with E-state index >= 15 is 0 Å². The molecule has 2 N–H and O–H groups in total. The Morgan fingerprint density at radius 1 is 1.09 bits per heavy atom. The number of hydrogen-bond donors (Lipinski definition) is 1. The zero-order valence-corrected chi connectivity index (χ0v) is 18.4. The highest BCUT2D eigenvalue weighted by molar-refractivity contribution is 5.93. The number of para-hydroxylation sites is 1. The maximum Gasteiger partial charge on any atom is 0.251 e. The molecule has 6 heteroatoms. The number of aromatic nitrogens is 1. The summed E-state index contributed by atoms with van der Waals surface area (Å²) in [7, 11) is 0. The van der Waals surface area contributed by atoms with E-state index in [0.717, 1.165) is 72.1 Å². The highest BCUT2D eigenvalue weighted by Crippen LogP contribution is 2.34. The average molecular weight is 432 g/mol. The molecule has 1 atom stereocenters. The second kappa shape index (κ2) is 8.79. The lowest BCUT2D eigenvalue weighted by Gasteiger charge is -2.33. The number of pyridine rings is 1. The van der Waals surface area contributed by atoms with Gasteiger partial charge in [-0.2, -0.15) is 0 Å². The third-order valence-electron chi connectivity index (χ3n) is 6.58. The number of nitrogens with two attached hydrogens (primary N) is 1. The van der Waals surface area contributed by atoms with Gasteiger partial charge in [0.2, 0.25) is 0 Å². The Labute approximate surface area is 188 Å². The Bertz CT molecular complexity index is 1120. The Balaban J connectivity index is 1.24. The maximum absolute atomic E-state index is 12.5. The number of piperidine rings is 1. The molecule has 1 aromatic heterocycles. The molecule has 2 aromatic carbocycles. The zero-order valence-electron chi connectivity index (χ0n) is 18.4. The van der Waals surface area contributed by atoms with Crippen molar-refractivity contribution in [2.24, 2.45) is 0 Å². The van der Waals surface area contributed by atoms with E-state index in [0.29, 0.717) is 12.4 Å². The number of benzene rings is 2. The molecule has 166 valence electrons. The van der Waals surface area contributed by atoms with Crippen LogP contribution in [0, 0.1) is 6.92 Å². The summed E-state index contributed by atoms with van der Waals surface area (Å²) in [6, 6.07) is 16.1. The van der Waals surface area contributed by atoms with E-state index in [1.807, 2.05) is 47.4 Å². The molecule has 5 rings (SSSR count). The summed E-state index contributed by atoms with van der Waals surface area (Å²) in [6.07, 6.45) is 3.37. The fraction of sp³-hybridized carbons (Fsp3) is 0.385. The predicted molar refractivity (Wildman–Crippen MR) is 126 cm³/mol.